The van der Waals surface area contributed by atoms with Crippen LogP contribution in [-0.4, -0.2) is 34.7 Å². The Morgan fingerprint density at radius 1 is 1.18 bits per heavy atom. The summed E-state index contributed by atoms with van der Waals surface area (Å²) < 4.78 is 11.2. The maximum absolute atomic E-state index is 12.4. The van der Waals surface area contributed by atoms with Crippen molar-refractivity contribution < 1.29 is 24.2 Å². The standard InChI is InChI=1S/C21H24N2O5/c24-20(25)5-2-12-27-17-8-6-15(7-9-17)14-23-21(26)16-10-11-22-19(13-16)28-18-3-1-4-18/h6-11,13,18H,1-5,12,14H2,(H,23,26)(H,24,25). The van der Waals surface area contributed by atoms with Crippen molar-refractivity contribution in [3.63, 3.8) is 0 Å². The SMILES string of the molecule is O=C(O)CCCOc1ccc(CNC(=O)c2ccnc(OC3CCC3)c2)cc1. The van der Waals surface area contributed by atoms with E-state index in [0.29, 0.717) is 36.8 Å². The molecule has 28 heavy (non-hydrogen) atoms. The fourth-order valence-corrected chi connectivity index (χ4v) is 2.68. The number of rotatable bonds is 10. The number of aromatic nitrogens is 1. The monoisotopic (exact) mass is 384 g/mol. The van der Waals surface area contributed by atoms with Gasteiger partial charge in [-0.05, 0) is 49.4 Å². The predicted octanol–water partition coefficient (Wildman–Crippen LogP) is 3.19. The summed E-state index contributed by atoms with van der Waals surface area (Å²) in [5, 5.41) is 11.5. The van der Waals surface area contributed by atoms with Gasteiger partial charge >= 0.3 is 5.97 Å². The highest BCUT2D eigenvalue weighted by Crippen LogP contribution is 2.24. The molecule has 0 bridgehead atoms. The van der Waals surface area contributed by atoms with E-state index in [-0.39, 0.29) is 18.4 Å². The van der Waals surface area contributed by atoms with E-state index in [2.05, 4.69) is 10.3 Å². The number of nitrogens with one attached hydrogen (secondary N) is 1. The van der Waals surface area contributed by atoms with Gasteiger partial charge in [-0.1, -0.05) is 12.1 Å². The molecule has 0 radical (unpaired) electrons. The Morgan fingerprint density at radius 3 is 2.64 bits per heavy atom. The van der Waals surface area contributed by atoms with Gasteiger partial charge in [-0.25, -0.2) is 4.98 Å². The first-order valence-corrected chi connectivity index (χ1v) is 9.44. The second-order valence-corrected chi connectivity index (χ2v) is 6.73. The molecule has 1 aromatic carbocycles. The van der Waals surface area contributed by atoms with Crippen LogP contribution < -0.4 is 14.8 Å². The lowest BCUT2D eigenvalue weighted by Gasteiger charge is -2.25. The second-order valence-electron chi connectivity index (χ2n) is 6.73. The number of carbonyl (C=O) groups excluding carboxylic acids is 1. The van der Waals surface area contributed by atoms with Gasteiger partial charge in [0.25, 0.3) is 5.91 Å². The molecule has 1 saturated carbocycles. The number of benzene rings is 1. The number of carbonyl (C=O) groups is 2. The van der Waals surface area contributed by atoms with Gasteiger partial charge < -0.3 is 19.9 Å². The van der Waals surface area contributed by atoms with E-state index in [0.717, 1.165) is 18.4 Å². The number of hydrogen-bond donors (Lipinski definition) is 2. The molecule has 1 fully saturated rings. The van der Waals surface area contributed by atoms with Gasteiger partial charge in [0.2, 0.25) is 5.88 Å². The minimum atomic E-state index is -0.828. The molecule has 0 unspecified atom stereocenters. The molecule has 1 aliphatic rings. The fourth-order valence-electron chi connectivity index (χ4n) is 2.68. The molecular formula is C21H24N2O5. The highest BCUT2D eigenvalue weighted by Gasteiger charge is 2.20. The third kappa shape index (κ3) is 5.97. The summed E-state index contributed by atoms with van der Waals surface area (Å²) >= 11 is 0. The summed E-state index contributed by atoms with van der Waals surface area (Å²) in [6.07, 6.45) is 5.61. The average Bonchev–Trinajstić information content (AvgIpc) is 2.67. The molecule has 0 atom stereocenters. The summed E-state index contributed by atoms with van der Waals surface area (Å²) in [5.41, 5.74) is 1.45. The summed E-state index contributed by atoms with van der Waals surface area (Å²) in [6, 6.07) is 10.7. The molecule has 3 rings (SSSR count). The smallest absolute Gasteiger partial charge is 0.303 e. The number of aliphatic carboxylic acids is 1. The zero-order valence-corrected chi connectivity index (χ0v) is 15.6. The molecule has 1 aliphatic carbocycles. The quantitative estimate of drug-likeness (QED) is 0.611. The summed E-state index contributed by atoms with van der Waals surface area (Å²) in [6.45, 7) is 0.745. The highest BCUT2D eigenvalue weighted by atomic mass is 16.5. The first kappa shape index (κ1) is 19.7. The Morgan fingerprint density at radius 2 is 1.96 bits per heavy atom. The molecule has 2 aromatic rings. The summed E-state index contributed by atoms with van der Waals surface area (Å²) in [7, 11) is 0. The van der Waals surface area contributed by atoms with Crippen LogP contribution in [0.3, 0.4) is 0 Å². The van der Waals surface area contributed by atoms with Crippen molar-refractivity contribution in [2.24, 2.45) is 0 Å². The van der Waals surface area contributed by atoms with Gasteiger partial charge in [0, 0.05) is 30.8 Å². The minimum Gasteiger partial charge on any atom is -0.494 e. The largest absolute Gasteiger partial charge is 0.494 e. The number of ether oxygens (including phenoxy) is 2. The molecule has 1 aromatic heterocycles. The molecule has 0 saturated heterocycles. The maximum Gasteiger partial charge on any atom is 0.303 e. The van der Waals surface area contributed by atoms with Crippen molar-refractivity contribution in [3.05, 3.63) is 53.7 Å². The maximum atomic E-state index is 12.4. The predicted molar refractivity (Wildman–Crippen MR) is 102 cm³/mol. The van der Waals surface area contributed by atoms with Crippen molar-refractivity contribution >= 4 is 11.9 Å². The van der Waals surface area contributed by atoms with Crippen LogP contribution in [0, 0.1) is 0 Å². The highest BCUT2D eigenvalue weighted by molar-refractivity contribution is 5.94. The van der Waals surface area contributed by atoms with E-state index in [1.54, 1.807) is 30.5 Å². The number of carboxylic acid groups (broad SMARTS) is 1. The van der Waals surface area contributed by atoms with Gasteiger partial charge in [0.1, 0.15) is 11.9 Å². The number of pyridine rings is 1. The van der Waals surface area contributed by atoms with Crippen LogP contribution in [0.15, 0.2) is 42.6 Å². The lowest BCUT2D eigenvalue weighted by atomic mass is 9.96. The van der Waals surface area contributed by atoms with Gasteiger partial charge in [-0.3, -0.25) is 9.59 Å². The molecule has 2 N–H and O–H groups in total. The first-order valence-electron chi connectivity index (χ1n) is 9.44. The first-order chi connectivity index (χ1) is 13.6. The molecule has 7 heteroatoms. The van der Waals surface area contributed by atoms with E-state index in [1.807, 2.05) is 12.1 Å². The van der Waals surface area contributed by atoms with Gasteiger partial charge in [-0.2, -0.15) is 0 Å². The van der Waals surface area contributed by atoms with Crippen LogP contribution in [0.25, 0.3) is 0 Å². The second kappa shape index (κ2) is 9.73. The van der Waals surface area contributed by atoms with E-state index in [1.165, 1.54) is 6.42 Å². The Kier molecular flexibility index (Phi) is 6.84. The van der Waals surface area contributed by atoms with E-state index >= 15 is 0 Å². The van der Waals surface area contributed by atoms with Crippen molar-refractivity contribution in [3.8, 4) is 11.6 Å². The van der Waals surface area contributed by atoms with Gasteiger partial charge in [0.15, 0.2) is 0 Å². The number of carboxylic acids is 1. The molecule has 7 nitrogen and oxygen atoms in total. The van der Waals surface area contributed by atoms with Crippen molar-refractivity contribution in [2.75, 3.05) is 6.61 Å². The van der Waals surface area contributed by atoms with E-state index in [4.69, 9.17) is 14.6 Å². The van der Waals surface area contributed by atoms with Crippen molar-refractivity contribution in [1.29, 1.82) is 0 Å². The number of amides is 1. The Bertz CT molecular complexity index is 803. The minimum absolute atomic E-state index is 0.0898. The third-order valence-electron chi connectivity index (χ3n) is 4.52. The van der Waals surface area contributed by atoms with E-state index < -0.39 is 5.97 Å². The number of hydrogen-bond acceptors (Lipinski definition) is 5. The molecular weight excluding hydrogens is 360 g/mol. The summed E-state index contributed by atoms with van der Waals surface area (Å²) in [5.74, 6) is 0.148. The van der Waals surface area contributed by atoms with Gasteiger partial charge in [0.05, 0.1) is 6.61 Å². The van der Waals surface area contributed by atoms with Crippen LogP contribution >= 0.6 is 0 Å². The van der Waals surface area contributed by atoms with Gasteiger partial charge in [-0.15, -0.1) is 0 Å². The molecule has 0 spiro atoms. The fraction of sp³-hybridized carbons (Fsp3) is 0.381. The van der Waals surface area contributed by atoms with Crippen LogP contribution in [0.4, 0.5) is 0 Å². The third-order valence-corrected chi connectivity index (χ3v) is 4.52. The zero-order chi connectivity index (χ0) is 19.8. The normalized spacial score (nSPS) is 13.4. The van der Waals surface area contributed by atoms with Crippen LogP contribution in [0.5, 0.6) is 11.6 Å². The Balaban J connectivity index is 1.45. The Labute approximate surface area is 163 Å². The molecule has 1 amide bonds. The lowest BCUT2D eigenvalue weighted by Crippen LogP contribution is -2.26. The topological polar surface area (TPSA) is 97.8 Å². The van der Waals surface area contributed by atoms with Crippen LogP contribution in [0.1, 0.15) is 48.0 Å². The Hall–Kier alpha value is -3.09. The lowest BCUT2D eigenvalue weighted by molar-refractivity contribution is -0.137. The molecule has 0 aliphatic heterocycles. The van der Waals surface area contributed by atoms with Crippen LogP contribution in [0.2, 0.25) is 0 Å². The average molecular weight is 384 g/mol. The van der Waals surface area contributed by atoms with Crippen molar-refractivity contribution in [2.45, 2.75) is 44.8 Å². The molecule has 148 valence electrons. The number of nitrogens with zero attached hydrogens (tertiary/aromatic N) is 1. The van der Waals surface area contributed by atoms with Crippen molar-refractivity contribution in [1.82, 2.24) is 10.3 Å². The van der Waals surface area contributed by atoms with E-state index in [9.17, 15) is 9.59 Å². The summed E-state index contributed by atoms with van der Waals surface area (Å²) in [4.78, 5) is 27.0. The molecule has 1 heterocycles. The van der Waals surface area contributed by atoms with Crippen LogP contribution in [-0.2, 0) is 11.3 Å². The zero-order valence-electron chi connectivity index (χ0n) is 15.6.